The van der Waals surface area contributed by atoms with Crippen LogP contribution >= 0.6 is 0 Å². The van der Waals surface area contributed by atoms with Gasteiger partial charge in [-0.05, 0) is 31.8 Å². The van der Waals surface area contributed by atoms with Crippen LogP contribution in [0.15, 0.2) is 0 Å². The van der Waals surface area contributed by atoms with E-state index in [1.807, 2.05) is 6.92 Å². The molecule has 0 aromatic carbocycles. The van der Waals surface area contributed by atoms with Gasteiger partial charge in [0.05, 0.1) is 6.04 Å². The molecule has 15 heavy (non-hydrogen) atoms. The maximum absolute atomic E-state index is 11.1. The molecule has 0 saturated heterocycles. The molecule has 0 saturated carbocycles. The molecule has 90 valence electrons. The van der Waals surface area contributed by atoms with Crippen molar-refractivity contribution in [3.63, 3.8) is 0 Å². The maximum atomic E-state index is 11.1. The number of hydrogen-bond donors (Lipinski definition) is 2. The quantitative estimate of drug-likeness (QED) is 0.651. The van der Waals surface area contributed by atoms with Crippen LogP contribution in [0.2, 0.25) is 0 Å². The van der Waals surface area contributed by atoms with Crippen LogP contribution in [-0.2, 0) is 4.79 Å². The molecule has 0 radical (unpaired) electrons. The molecule has 0 aromatic rings. The highest BCUT2D eigenvalue weighted by molar-refractivity contribution is 5.79. The van der Waals surface area contributed by atoms with Crippen molar-refractivity contribution >= 4 is 5.91 Å². The van der Waals surface area contributed by atoms with Gasteiger partial charge < -0.3 is 11.5 Å². The minimum absolute atomic E-state index is 0.0267. The monoisotopic (exact) mass is 215 g/mol. The number of hydrogen-bond acceptors (Lipinski definition) is 3. The third-order valence-corrected chi connectivity index (χ3v) is 2.65. The highest BCUT2D eigenvalue weighted by Gasteiger charge is 2.25. The molecule has 4 nitrogen and oxygen atoms in total. The maximum Gasteiger partial charge on any atom is 0.234 e. The van der Waals surface area contributed by atoms with E-state index in [4.69, 9.17) is 11.5 Å². The Morgan fingerprint density at radius 3 is 2.33 bits per heavy atom. The van der Waals surface area contributed by atoms with Crippen molar-refractivity contribution in [1.82, 2.24) is 4.90 Å². The predicted octanol–water partition coefficient (Wildman–Crippen LogP) is 0.557. The lowest BCUT2D eigenvalue weighted by Gasteiger charge is -2.34. The lowest BCUT2D eigenvalue weighted by atomic mass is 9.92. The molecule has 0 aliphatic carbocycles. The molecule has 4 heteroatoms. The van der Waals surface area contributed by atoms with Crippen LogP contribution in [0.4, 0.5) is 0 Å². The summed E-state index contributed by atoms with van der Waals surface area (Å²) in [5, 5.41) is 0. The van der Waals surface area contributed by atoms with E-state index < -0.39 is 0 Å². The Morgan fingerprint density at radius 1 is 1.47 bits per heavy atom. The molecule has 0 aliphatic heterocycles. The van der Waals surface area contributed by atoms with Gasteiger partial charge >= 0.3 is 0 Å². The van der Waals surface area contributed by atoms with Gasteiger partial charge in [0.25, 0.3) is 0 Å². The topological polar surface area (TPSA) is 72.3 Å². The molecule has 1 atom stereocenters. The second kappa shape index (κ2) is 6.08. The van der Waals surface area contributed by atoms with Crippen molar-refractivity contribution in [3.8, 4) is 0 Å². The van der Waals surface area contributed by atoms with Gasteiger partial charge in [0.2, 0.25) is 5.91 Å². The van der Waals surface area contributed by atoms with Crippen LogP contribution in [0.25, 0.3) is 0 Å². The molecule has 1 unspecified atom stereocenters. The zero-order valence-corrected chi connectivity index (χ0v) is 10.4. The van der Waals surface area contributed by atoms with Crippen molar-refractivity contribution in [3.05, 3.63) is 0 Å². The smallest absolute Gasteiger partial charge is 0.234 e. The molecule has 0 aliphatic rings. The molecule has 4 N–H and O–H groups in total. The molecular formula is C11H25N3O. The lowest BCUT2D eigenvalue weighted by molar-refractivity contribution is -0.123. The predicted molar refractivity (Wildman–Crippen MR) is 63.4 cm³/mol. The normalized spacial score (nSPS) is 14.3. The largest absolute Gasteiger partial charge is 0.368 e. The van der Waals surface area contributed by atoms with E-state index in [2.05, 4.69) is 25.7 Å². The van der Waals surface area contributed by atoms with E-state index in [1.165, 1.54) is 0 Å². The summed E-state index contributed by atoms with van der Waals surface area (Å²) in [6.45, 7) is 10.4. The summed E-state index contributed by atoms with van der Waals surface area (Å²) in [6, 6.07) is -0.212. The minimum atomic E-state index is -0.267. The lowest BCUT2D eigenvalue weighted by Crippen LogP contribution is -2.48. The van der Waals surface area contributed by atoms with E-state index in [0.29, 0.717) is 6.54 Å². The van der Waals surface area contributed by atoms with E-state index in [-0.39, 0.29) is 17.4 Å². The molecule has 0 spiro atoms. The number of nitrogens with two attached hydrogens (primary N) is 2. The van der Waals surface area contributed by atoms with E-state index in [1.54, 1.807) is 0 Å². The molecule has 0 bridgehead atoms. The first kappa shape index (κ1) is 14.4. The van der Waals surface area contributed by atoms with Gasteiger partial charge in [-0.2, -0.15) is 0 Å². The van der Waals surface area contributed by atoms with E-state index in [9.17, 15) is 4.79 Å². The Labute approximate surface area is 93.0 Å². The third-order valence-electron chi connectivity index (χ3n) is 2.65. The van der Waals surface area contributed by atoms with Gasteiger partial charge in [-0.15, -0.1) is 0 Å². The zero-order valence-electron chi connectivity index (χ0n) is 10.4. The van der Waals surface area contributed by atoms with Crippen LogP contribution in [0.1, 0.15) is 34.1 Å². The number of carbonyl (C=O) groups excluding carboxylic acids is 1. The fraction of sp³-hybridized carbons (Fsp3) is 0.909. The summed E-state index contributed by atoms with van der Waals surface area (Å²) in [7, 11) is 0. The standard InChI is InChI=1S/C11H25N3O/c1-5-6-14(9(2)10(13)15)8-11(3,4)7-12/h9H,5-8,12H2,1-4H3,(H2,13,15). The van der Waals surface area contributed by atoms with E-state index >= 15 is 0 Å². The molecular weight excluding hydrogens is 190 g/mol. The van der Waals surface area contributed by atoms with Gasteiger partial charge in [0.15, 0.2) is 0 Å². The second-order valence-electron chi connectivity index (χ2n) is 4.92. The average molecular weight is 215 g/mol. The summed E-state index contributed by atoms with van der Waals surface area (Å²) in [6.07, 6.45) is 1.01. The number of primary amides is 1. The van der Waals surface area contributed by atoms with Crippen molar-refractivity contribution in [2.75, 3.05) is 19.6 Å². The van der Waals surface area contributed by atoms with Crippen LogP contribution in [-0.4, -0.2) is 36.5 Å². The van der Waals surface area contributed by atoms with Crippen molar-refractivity contribution in [2.45, 2.75) is 40.2 Å². The van der Waals surface area contributed by atoms with Gasteiger partial charge in [0, 0.05) is 6.54 Å². The first-order chi connectivity index (χ1) is 6.84. The van der Waals surface area contributed by atoms with Gasteiger partial charge in [-0.25, -0.2) is 0 Å². The van der Waals surface area contributed by atoms with Crippen LogP contribution in [0, 0.1) is 5.41 Å². The Balaban J connectivity index is 4.46. The first-order valence-corrected chi connectivity index (χ1v) is 5.57. The van der Waals surface area contributed by atoms with Crippen LogP contribution in [0.5, 0.6) is 0 Å². The number of amides is 1. The third kappa shape index (κ3) is 5.14. The highest BCUT2D eigenvalue weighted by Crippen LogP contribution is 2.16. The average Bonchev–Trinajstić information content (AvgIpc) is 2.15. The fourth-order valence-corrected chi connectivity index (χ4v) is 1.49. The highest BCUT2D eigenvalue weighted by atomic mass is 16.1. The molecule has 0 fully saturated rings. The molecule has 0 rings (SSSR count). The SMILES string of the molecule is CCCN(CC(C)(C)CN)C(C)C(N)=O. The Bertz CT molecular complexity index is 204. The number of carbonyl (C=O) groups is 1. The van der Waals surface area contributed by atoms with Gasteiger partial charge in [-0.1, -0.05) is 20.8 Å². The van der Waals surface area contributed by atoms with Gasteiger partial charge in [-0.3, -0.25) is 9.69 Å². The Kier molecular flexibility index (Phi) is 5.83. The van der Waals surface area contributed by atoms with Crippen LogP contribution < -0.4 is 11.5 Å². The summed E-state index contributed by atoms with van der Waals surface area (Å²) < 4.78 is 0. The zero-order chi connectivity index (χ0) is 12.1. The summed E-state index contributed by atoms with van der Waals surface area (Å²) in [5.74, 6) is -0.267. The molecule has 1 amide bonds. The summed E-state index contributed by atoms with van der Waals surface area (Å²) in [4.78, 5) is 13.2. The summed E-state index contributed by atoms with van der Waals surface area (Å²) in [5.41, 5.74) is 11.0. The molecule has 0 heterocycles. The fourth-order valence-electron chi connectivity index (χ4n) is 1.49. The minimum Gasteiger partial charge on any atom is -0.368 e. The van der Waals surface area contributed by atoms with E-state index in [0.717, 1.165) is 19.5 Å². The summed E-state index contributed by atoms with van der Waals surface area (Å²) >= 11 is 0. The van der Waals surface area contributed by atoms with Gasteiger partial charge in [0.1, 0.15) is 0 Å². The number of nitrogens with zero attached hydrogens (tertiary/aromatic N) is 1. The second-order valence-corrected chi connectivity index (χ2v) is 4.92. The number of rotatable bonds is 7. The van der Waals surface area contributed by atoms with Crippen molar-refractivity contribution in [1.29, 1.82) is 0 Å². The first-order valence-electron chi connectivity index (χ1n) is 5.57. The van der Waals surface area contributed by atoms with Crippen molar-refractivity contribution in [2.24, 2.45) is 16.9 Å². The Hall–Kier alpha value is -0.610. The Morgan fingerprint density at radius 2 is 2.00 bits per heavy atom. The van der Waals surface area contributed by atoms with Crippen molar-refractivity contribution < 1.29 is 4.79 Å². The molecule has 0 aromatic heterocycles. The van der Waals surface area contributed by atoms with Crippen LogP contribution in [0.3, 0.4) is 0 Å².